The number of nitriles is 1. The third-order valence-electron chi connectivity index (χ3n) is 5.26. The molecule has 0 aliphatic carbocycles. The molecule has 170 valence electrons. The van der Waals surface area contributed by atoms with E-state index in [1.54, 1.807) is 41.7 Å². The molecule has 9 heteroatoms. The van der Waals surface area contributed by atoms with E-state index in [2.05, 4.69) is 35.9 Å². The number of aromatic nitrogens is 4. The number of nitrogens with zero attached hydrogens (tertiary/aromatic N) is 5. The SMILES string of the molecule is CC(O)c1cc(F)ccc1-c1c(Cc2cc(C#N)n(COCC[Si](C)(C)C)n2)cnn1C. The van der Waals surface area contributed by atoms with Gasteiger partial charge in [0.05, 0.1) is 23.7 Å². The summed E-state index contributed by atoms with van der Waals surface area (Å²) < 4.78 is 22.8. The molecule has 0 amide bonds. The molecule has 32 heavy (non-hydrogen) atoms. The van der Waals surface area contributed by atoms with Crippen molar-refractivity contribution >= 4 is 8.07 Å². The largest absolute Gasteiger partial charge is 0.389 e. The van der Waals surface area contributed by atoms with Crippen molar-refractivity contribution in [1.82, 2.24) is 19.6 Å². The molecule has 0 spiro atoms. The van der Waals surface area contributed by atoms with Crippen LogP contribution in [0.25, 0.3) is 11.3 Å². The lowest BCUT2D eigenvalue weighted by molar-refractivity contribution is 0.0777. The minimum atomic E-state index is -1.19. The Balaban J connectivity index is 1.84. The number of aryl methyl sites for hydroxylation is 1. The molecular weight excluding hydrogens is 425 g/mol. The van der Waals surface area contributed by atoms with Gasteiger partial charge in [-0.1, -0.05) is 19.6 Å². The van der Waals surface area contributed by atoms with Gasteiger partial charge in [0, 0.05) is 39.3 Å². The van der Waals surface area contributed by atoms with Crippen molar-refractivity contribution in [2.45, 2.75) is 51.9 Å². The maximum Gasteiger partial charge on any atom is 0.141 e. The number of aliphatic hydroxyl groups is 1. The topological polar surface area (TPSA) is 88.9 Å². The van der Waals surface area contributed by atoms with Crippen molar-refractivity contribution in [2.24, 2.45) is 7.05 Å². The Morgan fingerprint density at radius 1 is 1.28 bits per heavy atom. The first-order chi connectivity index (χ1) is 15.1. The molecule has 1 aromatic carbocycles. The number of benzene rings is 1. The van der Waals surface area contributed by atoms with E-state index in [9.17, 15) is 14.8 Å². The molecule has 0 radical (unpaired) electrons. The van der Waals surface area contributed by atoms with Crippen LogP contribution in [0.3, 0.4) is 0 Å². The van der Waals surface area contributed by atoms with Gasteiger partial charge in [-0.05, 0) is 42.8 Å². The summed E-state index contributed by atoms with van der Waals surface area (Å²) in [4.78, 5) is 0. The summed E-state index contributed by atoms with van der Waals surface area (Å²) in [6, 6.07) is 9.34. The van der Waals surface area contributed by atoms with Gasteiger partial charge in [-0.25, -0.2) is 9.07 Å². The van der Waals surface area contributed by atoms with Crippen LogP contribution in [-0.4, -0.2) is 39.3 Å². The summed E-state index contributed by atoms with van der Waals surface area (Å²) in [7, 11) is 0.619. The van der Waals surface area contributed by atoms with Gasteiger partial charge in [-0.3, -0.25) is 4.68 Å². The molecule has 2 aromatic heterocycles. The molecular formula is C23H30FN5O2Si. The monoisotopic (exact) mass is 455 g/mol. The fraction of sp³-hybridized carbons (Fsp3) is 0.435. The Kier molecular flexibility index (Phi) is 7.28. The fourth-order valence-corrected chi connectivity index (χ4v) is 4.28. The Morgan fingerprint density at radius 2 is 2.03 bits per heavy atom. The molecule has 0 fully saturated rings. The highest BCUT2D eigenvalue weighted by atomic mass is 28.3. The highest BCUT2D eigenvalue weighted by Crippen LogP contribution is 2.32. The Hall–Kier alpha value is -2.80. The third-order valence-corrected chi connectivity index (χ3v) is 6.96. The van der Waals surface area contributed by atoms with Crippen molar-refractivity contribution in [3.8, 4) is 17.3 Å². The number of hydrogen-bond acceptors (Lipinski definition) is 5. The Bertz CT molecular complexity index is 1120. The van der Waals surface area contributed by atoms with Gasteiger partial charge in [-0.15, -0.1) is 0 Å². The number of hydrogen-bond donors (Lipinski definition) is 1. The quantitative estimate of drug-likeness (QED) is 0.385. The van der Waals surface area contributed by atoms with Crippen LogP contribution in [0.1, 0.15) is 35.5 Å². The molecule has 1 unspecified atom stereocenters. The van der Waals surface area contributed by atoms with Crippen molar-refractivity contribution in [3.05, 3.63) is 58.8 Å². The smallest absolute Gasteiger partial charge is 0.141 e. The maximum atomic E-state index is 13.8. The van der Waals surface area contributed by atoms with Crippen molar-refractivity contribution in [3.63, 3.8) is 0 Å². The Labute approximate surface area is 189 Å². The molecule has 0 aliphatic rings. The zero-order valence-corrected chi connectivity index (χ0v) is 20.3. The van der Waals surface area contributed by atoms with E-state index in [0.717, 1.165) is 17.3 Å². The summed E-state index contributed by atoms with van der Waals surface area (Å²) >= 11 is 0. The predicted molar refractivity (Wildman–Crippen MR) is 123 cm³/mol. The third kappa shape index (κ3) is 5.71. The predicted octanol–water partition coefficient (Wildman–Crippen LogP) is 4.25. The highest BCUT2D eigenvalue weighted by molar-refractivity contribution is 6.76. The van der Waals surface area contributed by atoms with Gasteiger partial charge in [0.25, 0.3) is 0 Å². The standard InChI is InChI=1S/C23H30FN5O2Si/c1-16(30)22-11-18(24)6-7-21(22)23-17(14-26-28(23)2)10-19-12-20(13-25)29(27-19)15-31-8-9-32(3,4)5/h6-7,11-12,14,16,30H,8-10,15H2,1-5H3. The van der Waals surface area contributed by atoms with E-state index in [1.807, 2.05) is 0 Å². The van der Waals surface area contributed by atoms with Gasteiger partial charge in [0.1, 0.15) is 24.3 Å². The Morgan fingerprint density at radius 3 is 2.69 bits per heavy atom. The lowest BCUT2D eigenvalue weighted by Crippen LogP contribution is -2.22. The van der Waals surface area contributed by atoms with Crippen molar-refractivity contribution in [2.75, 3.05) is 6.61 Å². The molecule has 0 saturated carbocycles. The number of aliphatic hydroxyl groups excluding tert-OH is 1. The second-order valence-electron chi connectivity index (χ2n) is 9.21. The summed E-state index contributed by atoms with van der Waals surface area (Å²) in [5.41, 5.74) is 4.00. The van der Waals surface area contributed by atoms with E-state index < -0.39 is 20.0 Å². The van der Waals surface area contributed by atoms with Crippen LogP contribution in [0.15, 0.2) is 30.5 Å². The molecule has 3 aromatic rings. The second-order valence-corrected chi connectivity index (χ2v) is 14.8. The van der Waals surface area contributed by atoms with Crippen LogP contribution in [0.4, 0.5) is 4.39 Å². The summed E-state index contributed by atoms with van der Waals surface area (Å²) in [5, 5.41) is 28.6. The molecule has 0 bridgehead atoms. The van der Waals surface area contributed by atoms with E-state index in [0.29, 0.717) is 35.5 Å². The van der Waals surface area contributed by atoms with E-state index in [4.69, 9.17) is 4.74 Å². The van der Waals surface area contributed by atoms with Gasteiger partial charge in [-0.2, -0.15) is 15.5 Å². The average molecular weight is 456 g/mol. The number of halogens is 1. The summed E-state index contributed by atoms with van der Waals surface area (Å²) in [6.07, 6.45) is 1.34. The van der Waals surface area contributed by atoms with Crippen LogP contribution in [0, 0.1) is 17.1 Å². The minimum Gasteiger partial charge on any atom is -0.389 e. The molecule has 0 aliphatic heterocycles. The highest BCUT2D eigenvalue weighted by Gasteiger charge is 2.19. The number of ether oxygens (including phenoxy) is 1. The molecule has 0 saturated heterocycles. The first-order valence-electron chi connectivity index (χ1n) is 10.6. The molecule has 7 nitrogen and oxygen atoms in total. The molecule has 1 N–H and O–H groups in total. The number of rotatable bonds is 9. The van der Waals surface area contributed by atoms with E-state index >= 15 is 0 Å². The van der Waals surface area contributed by atoms with E-state index in [-0.39, 0.29) is 6.73 Å². The maximum absolute atomic E-state index is 13.8. The van der Waals surface area contributed by atoms with Crippen LogP contribution in [0.2, 0.25) is 25.7 Å². The first-order valence-corrected chi connectivity index (χ1v) is 14.3. The summed E-state index contributed by atoms with van der Waals surface area (Å²) in [6.45, 7) is 9.36. The van der Waals surface area contributed by atoms with E-state index in [1.165, 1.54) is 12.1 Å². The van der Waals surface area contributed by atoms with Crippen LogP contribution >= 0.6 is 0 Å². The second kappa shape index (κ2) is 9.77. The van der Waals surface area contributed by atoms with Crippen molar-refractivity contribution in [1.29, 1.82) is 5.26 Å². The minimum absolute atomic E-state index is 0.234. The molecule has 2 heterocycles. The van der Waals surface area contributed by atoms with Crippen LogP contribution in [0.5, 0.6) is 0 Å². The lowest BCUT2D eigenvalue weighted by Gasteiger charge is -2.15. The van der Waals surface area contributed by atoms with Gasteiger partial charge in [0.2, 0.25) is 0 Å². The zero-order chi connectivity index (χ0) is 23.5. The normalized spacial score (nSPS) is 12.7. The average Bonchev–Trinajstić information content (AvgIpc) is 3.27. The van der Waals surface area contributed by atoms with Crippen LogP contribution in [-0.2, 0) is 24.9 Å². The van der Waals surface area contributed by atoms with Gasteiger partial charge in [0.15, 0.2) is 0 Å². The lowest BCUT2D eigenvalue weighted by atomic mass is 9.96. The van der Waals surface area contributed by atoms with Gasteiger partial charge >= 0.3 is 0 Å². The fourth-order valence-electron chi connectivity index (χ4n) is 3.52. The first kappa shape index (κ1) is 23.9. The summed E-state index contributed by atoms with van der Waals surface area (Å²) in [5.74, 6) is -0.403. The van der Waals surface area contributed by atoms with Crippen LogP contribution < -0.4 is 0 Å². The van der Waals surface area contributed by atoms with Crippen molar-refractivity contribution < 1.29 is 14.2 Å². The molecule has 3 rings (SSSR count). The van der Waals surface area contributed by atoms with Gasteiger partial charge < -0.3 is 9.84 Å². The molecule has 1 atom stereocenters. The zero-order valence-electron chi connectivity index (χ0n) is 19.3.